The van der Waals surface area contributed by atoms with Gasteiger partial charge in [-0.1, -0.05) is 48.5 Å². The Morgan fingerprint density at radius 1 is 1.00 bits per heavy atom. The lowest BCUT2D eigenvalue weighted by Gasteiger charge is -2.08. The first kappa shape index (κ1) is 17.8. The van der Waals surface area contributed by atoms with Gasteiger partial charge in [0.15, 0.2) is 0 Å². The smallest absolute Gasteiger partial charge is 0.251 e. The predicted molar refractivity (Wildman–Crippen MR) is 109 cm³/mol. The first-order chi connectivity index (χ1) is 13.7. The molecule has 28 heavy (non-hydrogen) atoms. The molecule has 5 heteroatoms. The SMILES string of the molecule is COc1cccc(Cn2ncc3ccc(C(=O)NCc4ccccc4)cc32)c1. The van der Waals surface area contributed by atoms with Crippen molar-refractivity contribution in [3.63, 3.8) is 0 Å². The fourth-order valence-electron chi connectivity index (χ4n) is 3.16. The summed E-state index contributed by atoms with van der Waals surface area (Å²) >= 11 is 0. The van der Waals surface area contributed by atoms with Crippen LogP contribution < -0.4 is 10.1 Å². The molecule has 0 unspecified atom stereocenters. The first-order valence-electron chi connectivity index (χ1n) is 9.13. The van der Waals surface area contributed by atoms with Crippen LogP contribution in [0.3, 0.4) is 0 Å². The molecule has 140 valence electrons. The molecule has 0 atom stereocenters. The van der Waals surface area contributed by atoms with Crippen molar-refractivity contribution in [2.75, 3.05) is 7.11 Å². The molecule has 4 rings (SSSR count). The second kappa shape index (κ2) is 7.96. The summed E-state index contributed by atoms with van der Waals surface area (Å²) in [4.78, 5) is 12.6. The van der Waals surface area contributed by atoms with Crippen molar-refractivity contribution in [2.45, 2.75) is 13.1 Å². The number of nitrogens with one attached hydrogen (secondary N) is 1. The molecule has 0 fully saturated rings. The normalized spacial score (nSPS) is 10.8. The van der Waals surface area contributed by atoms with E-state index in [2.05, 4.69) is 10.4 Å². The molecular formula is C23H21N3O2. The third-order valence-corrected chi connectivity index (χ3v) is 4.67. The monoisotopic (exact) mass is 371 g/mol. The molecule has 0 aliphatic carbocycles. The van der Waals surface area contributed by atoms with E-state index in [4.69, 9.17) is 4.74 Å². The molecule has 1 aromatic heterocycles. The van der Waals surface area contributed by atoms with E-state index in [9.17, 15) is 4.79 Å². The van der Waals surface area contributed by atoms with Crippen molar-refractivity contribution < 1.29 is 9.53 Å². The lowest BCUT2D eigenvalue weighted by atomic mass is 10.1. The number of carbonyl (C=O) groups excluding carboxylic acids is 1. The fourth-order valence-corrected chi connectivity index (χ4v) is 3.16. The minimum absolute atomic E-state index is 0.0973. The number of nitrogens with zero attached hydrogens (tertiary/aromatic N) is 2. The van der Waals surface area contributed by atoms with Crippen molar-refractivity contribution in [2.24, 2.45) is 0 Å². The van der Waals surface area contributed by atoms with Gasteiger partial charge < -0.3 is 10.1 Å². The van der Waals surface area contributed by atoms with E-state index in [0.717, 1.165) is 27.8 Å². The molecule has 0 radical (unpaired) electrons. The zero-order chi connectivity index (χ0) is 19.3. The summed E-state index contributed by atoms with van der Waals surface area (Å²) < 4.78 is 7.19. The maximum atomic E-state index is 12.6. The average Bonchev–Trinajstić information content (AvgIpc) is 3.15. The lowest BCUT2D eigenvalue weighted by molar-refractivity contribution is 0.0951. The standard InChI is InChI=1S/C23H21N3O2/c1-28-21-9-5-8-18(12-21)16-26-22-13-19(10-11-20(22)15-25-26)23(27)24-14-17-6-3-2-4-7-17/h2-13,15H,14,16H2,1H3,(H,24,27). The number of carbonyl (C=O) groups is 1. The number of hydrogen-bond donors (Lipinski definition) is 1. The van der Waals surface area contributed by atoms with Crippen LogP contribution in [0.1, 0.15) is 21.5 Å². The van der Waals surface area contributed by atoms with E-state index in [1.165, 1.54) is 0 Å². The van der Waals surface area contributed by atoms with Crippen LogP contribution in [0.4, 0.5) is 0 Å². The van der Waals surface area contributed by atoms with Crippen LogP contribution in [0.15, 0.2) is 79.0 Å². The molecule has 0 saturated heterocycles. The third kappa shape index (κ3) is 3.88. The molecule has 5 nitrogen and oxygen atoms in total. The predicted octanol–water partition coefficient (Wildman–Crippen LogP) is 4.02. The highest BCUT2D eigenvalue weighted by Gasteiger charge is 2.10. The number of fused-ring (bicyclic) bond motifs is 1. The number of aromatic nitrogens is 2. The third-order valence-electron chi connectivity index (χ3n) is 4.67. The van der Waals surface area contributed by atoms with Gasteiger partial charge in [0.05, 0.1) is 25.4 Å². The lowest BCUT2D eigenvalue weighted by Crippen LogP contribution is -2.22. The number of methoxy groups -OCH3 is 1. The number of amides is 1. The first-order valence-corrected chi connectivity index (χ1v) is 9.13. The molecule has 1 N–H and O–H groups in total. The molecular weight excluding hydrogens is 350 g/mol. The summed E-state index contributed by atoms with van der Waals surface area (Å²) in [5.41, 5.74) is 3.70. The molecule has 1 heterocycles. The van der Waals surface area contributed by atoms with E-state index in [1.807, 2.05) is 83.7 Å². The largest absolute Gasteiger partial charge is 0.497 e. The topological polar surface area (TPSA) is 56.2 Å². The molecule has 3 aromatic carbocycles. The van der Waals surface area contributed by atoms with Gasteiger partial charge in [-0.05, 0) is 35.4 Å². The van der Waals surface area contributed by atoms with Gasteiger partial charge in [0, 0.05) is 17.5 Å². The van der Waals surface area contributed by atoms with E-state index >= 15 is 0 Å². The van der Waals surface area contributed by atoms with Crippen LogP contribution in [0.5, 0.6) is 5.75 Å². The van der Waals surface area contributed by atoms with Gasteiger partial charge in [0.1, 0.15) is 5.75 Å². The molecule has 0 saturated carbocycles. The zero-order valence-corrected chi connectivity index (χ0v) is 15.6. The Hall–Kier alpha value is -3.60. The van der Waals surface area contributed by atoms with Crippen LogP contribution in [-0.2, 0) is 13.1 Å². The van der Waals surface area contributed by atoms with Gasteiger partial charge in [-0.2, -0.15) is 5.10 Å². The molecule has 0 aliphatic heterocycles. The van der Waals surface area contributed by atoms with Crippen LogP contribution >= 0.6 is 0 Å². The maximum Gasteiger partial charge on any atom is 0.251 e. The second-order valence-corrected chi connectivity index (χ2v) is 6.60. The van der Waals surface area contributed by atoms with E-state index in [0.29, 0.717) is 18.7 Å². The van der Waals surface area contributed by atoms with E-state index in [1.54, 1.807) is 7.11 Å². The Balaban J connectivity index is 1.54. The van der Waals surface area contributed by atoms with Crippen molar-refractivity contribution >= 4 is 16.8 Å². The Morgan fingerprint density at radius 3 is 2.64 bits per heavy atom. The van der Waals surface area contributed by atoms with Gasteiger partial charge >= 0.3 is 0 Å². The van der Waals surface area contributed by atoms with Gasteiger partial charge in [0.2, 0.25) is 0 Å². The highest BCUT2D eigenvalue weighted by molar-refractivity contribution is 5.97. The number of benzene rings is 3. The van der Waals surface area contributed by atoms with Gasteiger partial charge in [-0.25, -0.2) is 0 Å². The zero-order valence-electron chi connectivity index (χ0n) is 15.6. The number of hydrogen-bond acceptors (Lipinski definition) is 3. The maximum absolute atomic E-state index is 12.6. The molecule has 0 bridgehead atoms. The summed E-state index contributed by atoms with van der Waals surface area (Å²) in [5, 5.41) is 8.46. The number of rotatable bonds is 6. The minimum atomic E-state index is -0.0973. The van der Waals surface area contributed by atoms with Crippen LogP contribution in [0.25, 0.3) is 10.9 Å². The summed E-state index contributed by atoms with van der Waals surface area (Å²) in [6.45, 7) is 1.11. The van der Waals surface area contributed by atoms with Crippen molar-refractivity contribution in [3.8, 4) is 5.75 Å². The van der Waals surface area contributed by atoms with Crippen molar-refractivity contribution in [3.05, 3.63) is 95.7 Å². The van der Waals surface area contributed by atoms with E-state index < -0.39 is 0 Å². The second-order valence-electron chi connectivity index (χ2n) is 6.60. The van der Waals surface area contributed by atoms with Crippen molar-refractivity contribution in [1.29, 1.82) is 0 Å². The highest BCUT2D eigenvalue weighted by Crippen LogP contribution is 2.19. The van der Waals surface area contributed by atoms with Crippen LogP contribution in [-0.4, -0.2) is 22.8 Å². The number of ether oxygens (including phenoxy) is 1. The molecule has 0 aliphatic rings. The molecule has 4 aromatic rings. The van der Waals surface area contributed by atoms with Crippen LogP contribution in [0, 0.1) is 0 Å². The Labute approximate surface area is 163 Å². The quantitative estimate of drug-likeness (QED) is 0.557. The Bertz CT molecular complexity index is 1100. The summed E-state index contributed by atoms with van der Waals surface area (Å²) in [7, 11) is 1.66. The van der Waals surface area contributed by atoms with Crippen LogP contribution in [0.2, 0.25) is 0 Å². The minimum Gasteiger partial charge on any atom is -0.497 e. The summed E-state index contributed by atoms with van der Waals surface area (Å²) in [5.74, 6) is 0.717. The fraction of sp³-hybridized carbons (Fsp3) is 0.130. The Kier molecular flexibility index (Phi) is 5.06. The summed E-state index contributed by atoms with van der Waals surface area (Å²) in [6, 6.07) is 23.4. The van der Waals surface area contributed by atoms with Gasteiger partial charge in [-0.3, -0.25) is 9.48 Å². The highest BCUT2D eigenvalue weighted by atomic mass is 16.5. The summed E-state index contributed by atoms with van der Waals surface area (Å²) in [6.07, 6.45) is 1.82. The van der Waals surface area contributed by atoms with E-state index in [-0.39, 0.29) is 5.91 Å². The Morgan fingerprint density at radius 2 is 1.82 bits per heavy atom. The average molecular weight is 371 g/mol. The molecule has 1 amide bonds. The van der Waals surface area contributed by atoms with Crippen molar-refractivity contribution in [1.82, 2.24) is 15.1 Å². The van der Waals surface area contributed by atoms with Gasteiger partial charge in [0.25, 0.3) is 5.91 Å². The van der Waals surface area contributed by atoms with Gasteiger partial charge in [-0.15, -0.1) is 0 Å². The molecule has 0 spiro atoms.